The van der Waals surface area contributed by atoms with Crippen LogP contribution >= 0.6 is 46.4 Å². The maximum absolute atomic E-state index is 13.2. The summed E-state index contributed by atoms with van der Waals surface area (Å²) < 4.78 is 5.61. The van der Waals surface area contributed by atoms with E-state index in [1.165, 1.54) is 11.0 Å². The molecule has 1 N–H and O–H groups in total. The van der Waals surface area contributed by atoms with Crippen molar-refractivity contribution in [2.45, 2.75) is 45.8 Å². The monoisotopic (exact) mass is 504 g/mol. The molecule has 0 saturated carbocycles. The van der Waals surface area contributed by atoms with Gasteiger partial charge >= 0.3 is 0 Å². The quantitative estimate of drug-likeness (QED) is 0.453. The molecular weight excluding hydrogens is 482 g/mol. The lowest BCUT2D eigenvalue weighted by atomic mass is 10.1. The molecule has 2 rings (SSSR count). The lowest BCUT2D eigenvalue weighted by molar-refractivity contribution is -0.143. The molecule has 0 unspecified atom stereocenters. The lowest BCUT2D eigenvalue weighted by Crippen LogP contribution is -2.51. The van der Waals surface area contributed by atoms with Gasteiger partial charge in [-0.3, -0.25) is 9.59 Å². The van der Waals surface area contributed by atoms with Crippen LogP contribution in [0, 0.1) is 0 Å². The highest BCUT2D eigenvalue weighted by atomic mass is 35.5. The number of hydrogen-bond donors (Lipinski definition) is 1. The summed E-state index contributed by atoms with van der Waals surface area (Å²) in [6.45, 7) is 5.27. The van der Waals surface area contributed by atoms with Crippen molar-refractivity contribution in [1.82, 2.24) is 10.2 Å². The third-order valence-electron chi connectivity index (χ3n) is 4.45. The van der Waals surface area contributed by atoms with Crippen LogP contribution in [0.5, 0.6) is 5.75 Å². The van der Waals surface area contributed by atoms with Gasteiger partial charge in [0.05, 0.1) is 5.02 Å². The average Bonchev–Trinajstić information content (AvgIpc) is 2.68. The first-order valence-corrected chi connectivity index (χ1v) is 11.3. The number of carbonyl (C=O) groups is 2. The van der Waals surface area contributed by atoms with E-state index in [2.05, 4.69) is 5.32 Å². The molecule has 0 spiro atoms. The normalized spacial score (nSPS) is 11.9. The van der Waals surface area contributed by atoms with Crippen LogP contribution in [0.3, 0.4) is 0 Å². The number of nitrogens with zero attached hydrogens (tertiary/aromatic N) is 1. The van der Waals surface area contributed by atoms with Gasteiger partial charge in [0.1, 0.15) is 11.8 Å². The maximum Gasteiger partial charge on any atom is 0.261 e. The summed E-state index contributed by atoms with van der Waals surface area (Å²) >= 11 is 24.7. The molecule has 2 aromatic rings. The molecule has 31 heavy (non-hydrogen) atoms. The Morgan fingerprint density at radius 2 is 1.68 bits per heavy atom. The van der Waals surface area contributed by atoms with Crippen molar-refractivity contribution in [2.75, 3.05) is 6.61 Å². The van der Waals surface area contributed by atoms with Crippen LogP contribution in [0.15, 0.2) is 36.4 Å². The molecular formula is C22H24Cl4N2O3. The van der Waals surface area contributed by atoms with Crippen LogP contribution in [0.25, 0.3) is 0 Å². The van der Waals surface area contributed by atoms with Gasteiger partial charge in [-0.15, -0.1) is 0 Å². The number of rotatable bonds is 9. The maximum atomic E-state index is 13.2. The van der Waals surface area contributed by atoms with Gasteiger partial charge in [0, 0.05) is 33.2 Å². The molecule has 2 amide bonds. The summed E-state index contributed by atoms with van der Waals surface area (Å²) in [6.07, 6.45) is 0.397. The van der Waals surface area contributed by atoms with Crippen LogP contribution in [0.4, 0.5) is 0 Å². The molecule has 0 fully saturated rings. The summed E-state index contributed by atoms with van der Waals surface area (Å²) in [5, 5.41) is 4.41. The van der Waals surface area contributed by atoms with E-state index in [-0.39, 0.29) is 30.1 Å². The van der Waals surface area contributed by atoms with Crippen LogP contribution < -0.4 is 10.1 Å². The van der Waals surface area contributed by atoms with Crippen LogP contribution in [-0.4, -0.2) is 35.4 Å². The van der Waals surface area contributed by atoms with Gasteiger partial charge in [-0.05, 0) is 50.6 Å². The van der Waals surface area contributed by atoms with Gasteiger partial charge in [0.25, 0.3) is 5.91 Å². The number of nitrogens with one attached hydrogen (secondary N) is 1. The first-order chi connectivity index (χ1) is 14.6. The van der Waals surface area contributed by atoms with Gasteiger partial charge in [-0.1, -0.05) is 59.4 Å². The van der Waals surface area contributed by atoms with Crippen molar-refractivity contribution in [3.8, 4) is 5.75 Å². The topological polar surface area (TPSA) is 58.6 Å². The van der Waals surface area contributed by atoms with Gasteiger partial charge in [0.15, 0.2) is 6.61 Å². The van der Waals surface area contributed by atoms with Crippen molar-refractivity contribution in [1.29, 1.82) is 0 Å². The van der Waals surface area contributed by atoms with Gasteiger partial charge in [-0.25, -0.2) is 0 Å². The molecule has 0 bridgehead atoms. The Labute approximate surface area is 202 Å². The van der Waals surface area contributed by atoms with Crippen molar-refractivity contribution in [2.24, 2.45) is 0 Å². The molecule has 0 aromatic heterocycles. The second kappa shape index (κ2) is 11.8. The Kier molecular flexibility index (Phi) is 9.76. The van der Waals surface area contributed by atoms with Gasteiger partial charge in [-0.2, -0.15) is 0 Å². The van der Waals surface area contributed by atoms with E-state index >= 15 is 0 Å². The Balaban J connectivity index is 2.30. The molecule has 9 heteroatoms. The second-order valence-electron chi connectivity index (χ2n) is 7.17. The highest BCUT2D eigenvalue weighted by molar-refractivity contribution is 6.36. The smallest absolute Gasteiger partial charge is 0.261 e. The number of benzene rings is 2. The van der Waals surface area contributed by atoms with Gasteiger partial charge < -0.3 is 15.0 Å². The van der Waals surface area contributed by atoms with Crippen LogP contribution in [0.1, 0.15) is 32.8 Å². The van der Waals surface area contributed by atoms with E-state index in [9.17, 15) is 9.59 Å². The fraction of sp³-hybridized carbons (Fsp3) is 0.364. The minimum Gasteiger partial charge on any atom is -0.482 e. The predicted molar refractivity (Wildman–Crippen MR) is 126 cm³/mol. The number of halogens is 4. The molecule has 0 radical (unpaired) electrons. The van der Waals surface area contributed by atoms with E-state index in [0.29, 0.717) is 32.8 Å². The largest absolute Gasteiger partial charge is 0.482 e. The Morgan fingerprint density at radius 3 is 2.23 bits per heavy atom. The summed E-state index contributed by atoms with van der Waals surface area (Å²) in [5.41, 5.74) is 0.555. The molecule has 0 aliphatic carbocycles. The van der Waals surface area contributed by atoms with Gasteiger partial charge in [0.2, 0.25) is 5.91 Å². The number of ether oxygens (including phenoxy) is 1. The highest BCUT2D eigenvalue weighted by Gasteiger charge is 2.30. The molecule has 0 aliphatic heterocycles. The zero-order valence-electron chi connectivity index (χ0n) is 17.4. The molecule has 1 atom stereocenters. The van der Waals surface area contributed by atoms with Crippen molar-refractivity contribution >= 4 is 58.2 Å². The van der Waals surface area contributed by atoms with E-state index < -0.39 is 11.9 Å². The Bertz CT molecular complexity index is 917. The lowest BCUT2D eigenvalue weighted by Gasteiger charge is -2.31. The summed E-state index contributed by atoms with van der Waals surface area (Å²) in [7, 11) is 0. The minimum absolute atomic E-state index is 0.0546. The van der Waals surface area contributed by atoms with Crippen LogP contribution in [-0.2, 0) is 16.1 Å². The van der Waals surface area contributed by atoms with E-state index in [1.807, 2.05) is 20.8 Å². The number of amides is 2. The summed E-state index contributed by atoms with van der Waals surface area (Å²) in [6, 6.07) is 8.99. The first kappa shape index (κ1) is 25.6. The number of carbonyl (C=O) groups excluding carboxylic acids is 2. The third kappa shape index (κ3) is 7.18. The summed E-state index contributed by atoms with van der Waals surface area (Å²) in [5.74, 6) is -0.360. The van der Waals surface area contributed by atoms with E-state index in [0.717, 1.165) is 0 Å². The van der Waals surface area contributed by atoms with Crippen molar-refractivity contribution in [3.63, 3.8) is 0 Å². The first-order valence-electron chi connectivity index (χ1n) is 9.74. The SMILES string of the molecule is CC[C@@H](C(=O)NC(C)C)N(Cc1c(Cl)cccc1Cl)C(=O)COc1ccc(Cl)cc1Cl. The zero-order valence-corrected chi connectivity index (χ0v) is 20.4. The predicted octanol–water partition coefficient (Wildman–Crippen LogP) is 6.01. The van der Waals surface area contributed by atoms with E-state index in [4.69, 9.17) is 51.1 Å². The molecule has 5 nitrogen and oxygen atoms in total. The molecule has 0 aliphatic rings. The summed E-state index contributed by atoms with van der Waals surface area (Å²) in [4.78, 5) is 27.4. The minimum atomic E-state index is -0.730. The second-order valence-corrected chi connectivity index (χ2v) is 8.83. The van der Waals surface area contributed by atoms with E-state index in [1.54, 1.807) is 30.3 Å². The molecule has 168 valence electrons. The van der Waals surface area contributed by atoms with Crippen LogP contribution in [0.2, 0.25) is 20.1 Å². The fourth-order valence-electron chi connectivity index (χ4n) is 2.97. The standard InChI is InChI=1S/C22H24Cl4N2O3/c1-4-19(22(30)27-13(2)3)28(11-15-16(24)6-5-7-17(15)25)21(29)12-31-20-9-8-14(23)10-18(20)26/h5-10,13,19H,4,11-12H2,1-3H3,(H,27,30)/t19-/m0/s1. The molecule has 2 aromatic carbocycles. The van der Waals surface area contributed by atoms with Crippen molar-refractivity contribution in [3.05, 3.63) is 62.1 Å². The molecule has 0 heterocycles. The Morgan fingerprint density at radius 1 is 1.03 bits per heavy atom. The highest BCUT2D eigenvalue weighted by Crippen LogP contribution is 2.29. The zero-order chi connectivity index (χ0) is 23.1. The van der Waals surface area contributed by atoms with Crippen molar-refractivity contribution < 1.29 is 14.3 Å². The third-order valence-corrected chi connectivity index (χ3v) is 5.69. The number of hydrogen-bond acceptors (Lipinski definition) is 3. The fourth-order valence-corrected chi connectivity index (χ4v) is 3.95. The molecule has 0 saturated heterocycles. The Hall–Kier alpha value is -1.66. The average molecular weight is 506 g/mol.